The largest absolute Gasteiger partial charge is 0.493 e. The molecule has 0 fully saturated rings. The van der Waals surface area contributed by atoms with Crippen molar-refractivity contribution in [3.8, 4) is 33.6 Å². The van der Waals surface area contributed by atoms with Gasteiger partial charge in [-0.1, -0.05) is 12.1 Å². The van der Waals surface area contributed by atoms with Gasteiger partial charge in [0, 0.05) is 11.8 Å². The van der Waals surface area contributed by atoms with Crippen molar-refractivity contribution < 1.29 is 28.5 Å². The Morgan fingerprint density at radius 1 is 0.935 bits per heavy atom. The van der Waals surface area contributed by atoms with Gasteiger partial charge in [0.2, 0.25) is 0 Å². The molecule has 0 aliphatic heterocycles. The number of hydrogen-bond donors (Lipinski definition) is 0. The van der Waals surface area contributed by atoms with Crippen LogP contribution in [0, 0.1) is 0 Å². The number of para-hydroxylation sites is 1. The van der Waals surface area contributed by atoms with E-state index in [2.05, 4.69) is 4.98 Å². The summed E-state index contributed by atoms with van der Waals surface area (Å²) in [5.74, 6) is 2.26. The Morgan fingerprint density at radius 3 is 2.42 bits per heavy atom. The molecule has 0 spiro atoms. The van der Waals surface area contributed by atoms with Crippen molar-refractivity contribution in [2.24, 2.45) is 0 Å². The van der Waals surface area contributed by atoms with Gasteiger partial charge in [-0.3, -0.25) is 4.79 Å². The lowest BCUT2D eigenvalue weighted by molar-refractivity contribution is -0.145. The van der Waals surface area contributed by atoms with Crippen molar-refractivity contribution in [3.05, 3.63) is 53.0 Å². The molecule has 3 aromatic rings. The first-order valence-corrected chi connectivity index (χ1v) is 10.5. The van der Waals surface area contributed by atoms with Crippen molar-refractivity contribution in [1.29, 1.82) is 0 Å². The maximum absolute atomic E-state index is 12.2. The van der Waals surface area contributed by atoms with E-state index in [1.54, 1.807) is 28.4 Å². The van der Waals surface area contributed by atoms with Gasteiger partial charge in [-0.25, -0.2) is 4.98 Å². The van der Waals surface area contributed by atoms with Crippen LogP contribution in [-0.4, -0.2) is 39.4 Å². The fraction of sp³-hybridized carbons (Fsp3) is 0.304. The van der Waals surface area contributed by atoms with E-state index in [9.17, 15) is 4.79 Å². The normalized spacial score (nSPS) is 10.5. The average Bonchev–Trinajstić information content (AvgIpc) is 3.29. The predicted octanol–water partition coefficient (Wildman–Crippen LogP) is 4.52. The van der Waals surface area contributed by atoms with Crippen LogP contribution in [0.2, 0.25) is 0 Å². The first-order chi connectivity index (χ1) is 15.1. The Kier molecular flexibility index (Phi) is 7.72. The molecule has 0 bridgehead atoms. The second-order valence-corrected chi connectivity index (χ2v) is 7.39. The molecule has 1 heterocycles. The Bertz CT molecular complexity index is 1030. The molecule has 1 aromatic heterocycles. The van der Waals surface area contributed by atoms with E-state index in [1.165, 1.54) is 11.3 Å². The van der Waals surface area contributed by atoms with Crippen LogP contribution in [0.4, 0.5) is 0 Å². The number of aromatic nitrogens is 1. The topological polar surface area (TPSA) is 76.1 Å². The molecule has 0 saturated carbocycles. The standard InChI is InChI=1S/C23H25NO6S/c1-26-18-10-8-15(12-20(18)28-3)9-11-21(25)30-13-16-14-31-23(24-16)17-6-5-7-19(27-2)22(17)29-4/h5-8,10,12,14H,9,11,13H2,1-4H3. The SMILES string of the molecule is COc1ccc(CCC(=O)OCc2csc(-c3cccc(OC)c3OC)n2)cc1OC. The van der Waals surface area contributed by atoms with Crippen LogP contribution in [0.25, 0.3) is 10.6 Å². The Hall–Kier alpha value is -3.26. The van der Waals surface area contributed by atoms with Gasteiger partial charge in [0.05, 0.1) is 39.7 Å². The summed E-state index contributed by atoms with van der Waals surface area (Å²) < 4.78 is 26.7. The van der Waals surface area contributed by atoms with Crippen LogP contribution < -0.4 is 18.9 Å². The maximum Gasteiger partial charge on any atom is 0.306 e. The molecule has 0 atom stereocenters. The molecular formula is C23H25NO6S. The minimum Gasteiger partial charge on any atom is -0.493 e. The van der Waals surface area contributed by atoms with Crippen LogP contribution in [0.1, 0.15) is 17.7 Å². The van der Waals surface area contributed by atoms with E-state index in [0.29, 0.717) is 35.1 Å². The van der Waals surface area contributed by atoms with E-state index in [-0.39, 0.29) is 19.0 Å². The fourth-order valence-electron chi connectivity index (χ4n) is 3.06. The van der Waals surface area contributed by atoms with Crippen LogP contribution in [0.3, 0.4) is 0 Å². The van der Waals surface area contributed by atoms with Gasteiger partial charge in [-0.15, -0.1) is 11.3 Å². The summed E-state index contributed by atoms with van der Waals surface area (Å²) in [5, 5.41) is 2.64. The van der Waals surface area contributed by atoms with E-state index in [1.807, 2.05) is 41.8 Å². The monoisotopic (exact) mass is 443 g/mol. The maximum atomic E-state index is 12.2. The highest BCUT2D eigenvalue weighted by molar-refractivity contribution is 7.13. The molecule has 164 valence electrons. The Labute approximate surface area is 185 Å². The van der Waals surface area contributed by atoms with Gasteiger partial charge in [0.1, 0.15) is 11.6 Å². The fourth-order valence-corrected chi connectivity index (χ4v) is 3.89. The third-order valence-electron chi connectivity index (χ3n) is 4.63. The zero-order chi connectivity index (χ0) is 22.2. The van der Waals surface area contributed by atoms with E-state index in [4.69, 9.17) is 23.7 Å². The van der Waals surface area contributed by atoms with Gasteiger partial charge in [-0.2, -0.15) is 0 Å². The van der Waals surface area contributed by atoms with E-state index < -0.39 is 0 Å². The van der Waals surface area contributed by atoms with Crippen LogP contribution >= 0.6 is 11.3 Å². The first-order valence-electron chi connectivity index (χ1n) is 9.61. The lowest BCUT2D eigenvalue weighted by Gasteiger charge is -2.10. The number of benzene rings is 2. The molecule has 2 aromatic carbocycles. The minimum atomic E-state index is -0.289. The van der Waals surface area contributed by atoms with Gasteiger partial charge in [-0.05, 0) is 36.2 Å². The summed E-state index contributed by atoms with van der Waals surface area (Å²) in [4.78, 5) is 16.8. The van der Waals surface area contributed by atoms with Gasteiger partial charge >= 0.3 is 5.97 Å². The number of thiazole rings is 1. The molecule has 3 rings (SSSR count). The summed E-state index contributed by atoms with van der Waals surface area (Å²) in [6.45, 7) is 0.119. The second-order valence-electron chi connectivity index (χ2n) is 6.54. The number of carbonyl (C=O) groups excluding carboxylic acids is 1. The zero-order valence-electron chi connectivity index (χ0n) is 18.0. The number of carbonyl (C=O) groups is 1. The summed E-state index contributed by atoms with van der Waals surface area (Å²) in [6, 6.07) is 11.2. The third kappa shape index (κ3) is 5.46. The molecule has 0 aliphatic rings. The minimum absolute atomic E-state index is 0.119. The molecule has 0 N–H and O–H groups in total. The highest BCUT2D eigenvalue weighted by Crippen LogP contribution is 2.39. The highest BCUT2D eigenvalue weighted by Gasteiger charge is 2.15. The van der Waals surface area contributed by atoms with Crippen molar-refractivity contribution in [2.45, 2.75) is 19.4 Å². The number of aryl methyl sites for hydroxylation is 1. The van der Waals surface area contributed by atoms with Crippen molar-refractivity contribution in [1.82, 2.24) is 4.98 Å². The molecule has 0 saturated heterocycles. The Morgan fingerprint density at radius 2 is 1.71 bits per heavy atom. The molecule has 7 nitrogen and oxygen atoms in total. The predicted molar refractivity (Wildman–Crippen MR) is 118 cm³/mol. The highest BCUT2D eigenvalue weighted by atomic mass is 32.1. The summed E-state index contributed by atoms with van der Waals surface area (Å²) in [7, 11) is 6.36. The van der Waals surface area contributed by atoms with Gasteiger partial charge < -0.3 is 23.7 Å². The van der Waals surface area contributed by atoms with E-state index >= 15 is 0 Å². The first kappa shape index (κ1) is 22.4. The molecule has 0 aliphatic carbocycles. The van der Waals surface area contributed by atoms with Gasteiger partial charge in [0.15, 0.2) is 23.0 Å². The molecule has 31 heavy (non-hydrogen) atoms. The molecule has 0 radical (unpaired) electrons. The quantitative estimate of drug-likeness (QED) is 0.426. The lowest BCUT2D eigenvalue weighted by Crippen LogP contribution is -2.06. The molecule has 8 heteroatoms. The van der Waals surface area contributed by atoms with Crippen molar-refractivity contribution in [2.75, 3.05) is 28.4 Å². The number of rotatable bonds is 10. The van der Waals surface area contributed by atoms with Gasteiger partial charge in [0.25, 0.3) is 0 Å². The van der Waals surface area contributed by atoms with Crippen molar-refractivity contribution in [3.63, 3.8) is 0 Å². The number of methoxy groups -OCH3 is 4. The van der Waals surface area contributed by atoms with Crippen LogP contribution in [0.5, 0.6) is 23.0 Å². The summed E-state index contributed by atoms with van der Waals surface area (Å²) in [6.07, 6.45) is 0.804. The molecule has 0 amide bonds. The van der Waals surface area contributed by atoms with E-state index in [0.717, 1.165) is 16.1 Å². The van der Waals surface area contributed by atoms with Crippen LogP contribution in [-0.2, 0) is 22.6 Å². The summed E-state index contributed by atoms with van der Waals surface area (Å²) in [5.41, 5.74) is 2.48. The zero-order valence-corrected chi connectivity index (χ0v) is 18.8. The van der Waals surface area contributed by atoms with Crippen LogP contribution in [0.15, 0.2) is 41.8 Å². The summed E-state index contributed by atoms with van der Waals surface area (Å²) >= 11 is 1.46. The number of ether oxygens (including phenoxy) is 5. The molecule has 0 unspecified atom stereocenters. The number of esters is 1. The third-order valence-corrected chi connectivity index (χ3v) is 5.56. The smallest absolute Gasteiger partial charge is 0.306 e. The molecular weight excluding hydrogens is 418 g/mol. The lowest BCUT2D eigenvalue weighted by atomic mass is 10.1. The average molecular weight is 444 g/mol. The number of nitrogens with zero attached hydrogens (tertiary/aromatic N) is 1. The second kappa shape index (κ2) is 10.7. The number of hydrogen-bond acceptors (Lipinski definition) is 8. The van der Waals surface area contributed by atoms with Crippen molar-refractivity contribution >= 4 is 17.3 Å². The Balaban J connectivity index is 1.57.